The standard InChI is InChI=1S/C13H8ClNO4/c14-13(16)11-7-6-9(15(17)18)8-12(11)19-10-4-2-1-3-5-10/h1-8H. The van der Waals surface area contributed by atoms with E-state index in [4.69, 9.17) is 16.3 Å². The quantitative estimate of drug-likeness (QED) is 0.484. The summed E-state index contributed by atoms with van der Waals surface area (Å²) in [6, 6.07) is 12.3. The number of non-ortho nitro benzene ring substituents is 1. The molecule has 5 nitrogen and oxygen atoms in total. The molecule has 2 rings (SSSR count). The van der Waals surface area contributed by atoms with Gasteiger partial charge in [-0.05, 0) is 29.8 Å². The predicted octanol–water partition coefficient (Wildman–Crippen LogP) is 3.77. The van der Waals surface area contributed by atoms with Gasteiger partial charge in [-0.1, -0.05) is 18.2 Å². The maximum absolute atomic E-state index is 11.3. The average Bonchev–Trinajstić information content (AvgIpc) is 2.39. The fourth-order valence-electron chi connectivity index (χ4n) is 1.49. The minimum atomic E-state index is -0.735. The van der Waals surface area contributed by atoms with Gasteiger partial charge in [-0.15, -0.1) is 0 Å². The zero-order chi connectivity index (χ0) is 13.8. The van der Waals surface area contributed by atoms with E-state index in [1.165, 1.54) is 18.2 Å². The highest BCUT2D eigenvalue weighted by atomic mass is 35.5. The number of benzene rings is 2. The number of nitro benzene ring substituents is 1. The third-order valence-corrected chi connectivity index (χ3v) is 2.56. The number of hydrogen-bond acceptors (Lipinski definition) is 4. The first-order chi connectivity index (χ1) is 9.08. The third kappa shape index (κ3) is 3.08. The molecule has 0 saturated carbocycles. The maximum Gasteiger partial charge on any atom is 0.273 e. The zero-order valence-corrected chi connectivity index (χ0v) is 10.3. The van der Waals surface area contributed by atoms with E-state index in [0.717, 1.165) is 0 Å². The van der Waals surface area contributed by atoms with Crippen molar-refractivity contribution in [3.8, 4) is 11.5 Å². The topological polar surface area (TPSA) is 69.4 Å². The van der Waals surface area contributed by atoms with Crippen molar-refractivity contribution in [1.29, 1.82) is 0 Å². The smallest absolute Gasteiger partial charge is 0.273 e. The summed E-state index contributed by atoms with van der Waals surface area (Å²) in [4.78, 5) is 21.4. The Balaban J connectivity index is 2.43. The van der Waals surface area contributed by atoms with E-state index >= 15 is 0 Å². The molecule has 0 aromatic heterocycles. The number of ether oxygens (including phenoxy) is 1. The van der Waals surface area contributed by atoms with Crippen LogP contribution in [0, 0.1) is 10.1 Å². The van der Waals surface area contributed by atoms with Crippen LogP contribution in [0.25, 0.3) is 0 Å². The van der Waals surface area contributed by atoms with E-state index in [2.05, 4.69) is 0 Å². The highest BCUT2D eigenvalue weighted by molar-refractivity contribution is 6.68. The van der Waals surface area contributed by atoms with E-state index in [-0.39, 0.29) is 17.0 Å². The van der Waals surface area contributed by atoms with Crippen LogP contribution in [0.1, 0.15) is 10.4 Å². The molecule has 0 aliphatic rings. The normalized spacial score (nSPS) is 9.95. The molecular formula is C13H8ClNO4. The summed E-state index contributed by atoms with van der Waals surface area (Å²) >= 11 is 5.42. The van der Waals surface area contributed by atoms with Gasteiger partial charge in [0.2, 0.25) is 0 Å². The second-order valence-electron chi connectivity index (χ2n) is 3.63. The Bertz CT molecular complexity index is 628. The zero-order valence-electron chi connectivity index (χ0n) is 9.58. The number of rotatable bonds is 4. The lowest BCUT2D eigenvalue weighted by atomic mass is 10.2. The fraction of sp³-hybridized carbons (Fsp3) is 0. The summed E-state index contributed by atoms with van der Waals surface area (Å²) in [6.45, 7) is 0. The molecule has 0 aliphatic heterocycles. The first-order valence-corrected chi connectivity index (χ1v) is 5.67. The Labute approximate surface area is 113 Å². The molecule has 2 aromatic rings. The van der Waals surface area contributed by atoms with Gasteiger partial charge in [0.05, 0.1) is 16.6 Å². The number of carbonyl (C=O) groups excluding carboxylic acids is 1. The van der Waals surface area contributed by atoms with Gasteiger partial charge in [-0.25, -0.2) is 0 Å². The lowest BCUT2D eigenvalue weighted by molar-refractivity contribution is -0.384. The Morgan fingerprint density at radius 2 is 1.84 bits per heavy atom. The first kappa shape index (κ1) is 13.0. The van der Waals surface area contributed by atoms with Crippen LogP contribution in [-0.2, 0) is 0 Å². The maximum atomic E-state index is 11.3. The highest BCUT2D eigenvalue weighted by Crippen LogP contribution is 2.30. The third-order valence-electron chi connectivity index (χ3n) is 2.36. The molecule has 0 N–H and O–H groups in total. The Morgan fingerprint density at radius 1 is 1.16 bits per heavy atom. The van der Waals surface area contributed by atoms with Crippen LogP contribution in [0.15, 0.2) is 48.5 Å². The van der Waals surface area contributed by atoms with Crippen molar-refractivity contribution < 1.29 is 14.5 Å². The summed E-state index contributed by atoms with van der Waals surface area (Å²) in [5.41, 5.74) is -0.0938. The van der Waals surface area contributed by atoms with Crippen molar-refractivity contribution in [3.63, 3.8) is 0 Å². The Morgan fingerprint density at radius 3 is 2.42 bits per heavy atom. The van der Waals surface area contributed by atoms with Gasteiger partial charge < -0.3 is 4.74 Å². The minimum Gasteiger partial charge on any atom is -0.456 e. The predicted molar refractivity (Wildman–Crippen MR) is 69.8 cm³/mol. The minimum absolute atomic E-state index is 0.0559. The van der Waals surface area contributed by atoms with Gasteiger partial charge in [-0.2, -0.15) is 0 Å². The molecule has 2 aromatic carbocycles. The van der Waals surface area contributed by atoms with Crippen molar-refractivity contribution in [2.24, 2.45) is 0 Å². The van der Waals surface area contributed by atoms with Crippen LogP contribution in [0.2, 0.25) is 0 Å². The lowest BCUT2D eigenvalue weighted by Gasteiger charge is -2.08. The van der Waals surface area contributed by atoms with Crippen LogP contribution < -0.4 is 4.74 Å². The van der Waals surface area contributed by atoms with Crippen molar-refractivity contribution in [1.82, 2.24) is 0 Å². The monoisotopic (exact) mass is 277 g/mol. The van der Waals surface area contributed by atoms with Crippen molar-refractivity contribution >= 4 is 22.5 Å². The number of nitro groups is 1. The molecule has 0 heterocycles. The van der Waals surface area contributed by atoms with Gasteiger partial charge in [-0.3, -0.25) is 14.9 Å². The molecule has 0 aliphatic carbocycles. The molecule has 0 bridgehead atoms. The van der Waals surface area contributed by atoms with Gasteiger partial charge in [0.25, 0.3) is 10.9 Å². The van der Waals surface area contributed by atoms with Crippen LogP contribution in [-0.4, -0.2) is 10.2 Å². The van der Waals surface area contributed by atoms with Gasteiger partial charge in [0, 0.05) is 6.07 Å². The van der Waals surface area contributed by atoms with Crippen molar-refractivity contribution in [2.75, 3.05) is 0 Å². The van der Waals surface area contributed by atoms with E-state index in [1.807, 2.05) is 0 Å². The van der Waals surface area contributed by atoms with E-state index in [9.17, 15) is 14.9 Å². The first-order valence-electron chi connectivity index (χ1n) is 5.29. The lowest BCUT2D eigenvalue weighted by Crippen LogP contribution is -1.97. The van der Waals surface area contributed by atoms with Crippen LogP contribution in [0.5, 0.6) is 11.5 Å². The molecule has 19 heavy (non-hydrogen) atoms. The molecule has 0 radical (unpaired) electrons. The molecule has 0 amide bonds. The van der Waals surface area contributed by atoms with E-state index in [1.54, 1.807) is 30.3 Å². The van der Waals surface area contributed by atoms with Crippen LogP contribution in [0.3, 0.4) is 0 Å². The second kappa shape index (κ2) is 5.49. The highest BCUT2D eigenvalue weighted by Gasteiger charge is 2.16. The molecule has 6 heteroatoms. The summed E-state index contributed by atoms with van der Waals surface area (Å²) in [7, 11) is 0. The Kier molecular flexibility index (Phi) is 3.77. The number of hydrogen-bond donors (Lipinski definition) is 0. The summed E-state index contributed by atoms with van der Waals surface area (Å²) in [5, 5.41) is 9.98. The number of para-hydroxylation sites is 1. The van der Waals surface area contributed by atoms with Crippen LogP contribution in [0.4, 0.5) is 5.69 Å². The molecule has 0 unspecified atom stereocenters. The van der Waals surface area contributed by atoms with Gasteiger partial charge >= 0.3 is 0 Å². The van der Waals surface area contributed by atoms with E-state index in [0.29, 0.717) is 5.75 Å². The van der Waals surface area contributed by atoms with Crippen molar-refractivity contribution in [3.05, 3.63) is 64.2 Å². The van der Waals surface area contributed by atoms with Crippen LogP contribution >= 0.6 is 11.6 Å². The van der Waals surface area contributed by atoms with Crippen molar-refractivity contribution in [2.45, 2.75) is 0 Å². The van der Waals surface area contributed by atoms with Gasteiger partial charge in [0.15, 0.2) is 0 Å². The fourth-order valence-corrected chi connectivity index (χ4v) is 1.64. The second-order valence-corrected chi connectivity index (χ2v) is 3.97. The molecule has 0 atom stereocenters. The van der Waals surface area contributed by atoms with Gasteiger partial charge in [0.1, 0.15) is 11.5 Å². The SMILES string of the molecule is O=C(Cl)c1ccc([N+](=O)[O-])cc1Oc1ccccc1. The molecule has 96 valence electrons. The Hall–Kier alpha value is -2.40. The number of nitrogens with zero attached hydrogens (tertiary/aromatic N) is 1. The molecule has 0 spiro atoms. The average molecular weight is 278 g/mol. The summed E-state index contributed by atoms with van der Waals surface area (Å²) in [6.07, 6.45) is 0. The van der Waals surface area contributed by atoms with E-state index < -0.39 is 10.2 Å². The molecule has 0 fully saturated rings. The molecule has 0 saturated heterocycles. The number of halogens is 1. The largest absolute Gasteiger partial charge is 0.456 e. The summed E-state index contributed by atoms with van der Waals surface area (Å²) < 4.78 is 5.45. The number of carbonyl (C=O) groups is 1. The summed E-state index contributed by atoms with van der Waals surface area (Å²) in [5.74, 6) is 0.516. The molecular weight excluding hydrogens is 270 g/mol.